The van der Waals surface area contributed by atoms with Gasteiger partial charge in [-0.15, -0.1) is 0 Å². The molecule has 0 aliphatic rings. The molecule has 0 saturated carbocycles. The first-order valence-electron chi connectivity index (χ1n) is 5.36. The Labute approximate surface area is 99.8 Å². The second kappa shape index (κ2) is 4.82. The summed E-state index contributed by atoms with van der Waals surface area (Å²) in [5.74, 6) is -0.256. The number of methoxy groups -OCH3 is 1. The summed E-state index contributed by atoms with van der Waals surface area (Å²) in [6.45, 7) is 2.03. The summed E-state index contributed by atoms with van der Waals surface area (Å²) in [5, 5.41) is 4.22. The smallest absolute Gasteiger partial charge is 0.310 e. The zero-order chi connectivity index (χ0) is 12.3. The van der Waals surface area contributed by atoms with Crippen LogP contribution in [0.1, 0.15) is 11.1 Å². The normalized spacial score (nSPS) is 10.2. The second-order valence-electron chi connectivity index (χ2n) is 3.89. The second-order valence-corrected chi connectivity index (χ2v) is 3.89. The molecule has 0 aliphatic heterocycles. The number of carbonyl (C=O) groups is 1. The van der Waals surface area contributed by atoms with Gasteiger partial charge in [-0.3, -0.25) is 4.79 Å². The Kier molecular flexibility index (Phi) is 3.23. The van der Waals surface area contributed by atoms with Crippen molar-refractivity contribution in [3.05, 3.63) is 47.8 Å². The average molecular weight is 230 g/mol. The van der Waals surface area contributed by atoms with E-state index in [-0.39, 0.29) is 12.4 Å². The molecule has 1 aromatic heterocycles. The number of hydrogen-bond donors (Lipinski definition) is 0. The molecule has 0 saturated heterocycles. The number of esters is 1. The molecule has 0 N–H and O–H groups in total. The van der Waals surface area contributed by atoms with Crippen LogP contribution in [0.15, 0.2) is 36.7 Å². The molecule has 0 fully saturated rings. The lowest BCUT2D eigenvalue weighted by Crippen LogP contribution is -2.03. The average Bonchev–Trinajstić information content (AvgIpc) is 2.77. The lowest BCUT2D eigenvalue weighted by molar-refractivity contribution is -0.139. The molecule has 0 spiro atoms. The van der Waals surface area contributed by atoms with Gasteiger partial charge in [0.25, 0.3) is 0 Å². The third-order valence-electron chi connectivity index (χ3n) is 2.48. The van der Waals surface area contributed by atoms with Gasteiger partial charge in [-0.05, 0) is 24.6 Å². The van der Waals surface area contributed by atoms with Gasteiger partial charge in [0, 0.05) is 11.8 Å². The van der Waals surface area contributed by atoms with Gasteiger partial charge in [0.05, 0.1) is 25.4 Å². The summed E-state index contributed by atoms with van der Waals surface area (Å²) in [4.78, 5) is 11.1. The lowest BCUT2D eigenvalue weighted by atomic mass is 10.2. The number of hydrogen-bond acceptors (Lipinski definition) is 3. The van der Waals surface area contributed by atoms with Gasteiger partial charge < -0.3 is 4.74 Å². The maximum atomic E-state index is 11.1. The number of rotatable bonds is 3. The fourth-order valence-corrected chi connectivity index (χ4v) is 1.60. The van der Waals surface area contributed by atoms with Crippen molar-refractivity contribution in [3.8, 4) is 5.69 Å². The van der Waals surface area contributed by atoms with Crippen molar-refractivity contribution in [2.24, 2.45) is 0 Å². The summed E-state index contributed by atoms with van der Waals surface area (Å²) in [6, 6.07) is 8.02. The highest BCUT2D eigenvalue weighted by molar-refractivity contribution is 5.72. The minimum Gasteiger partial charge on any atom is -0.469 e. The molecule has 0 radical (unpaired) electrons. The summed E-state index contributed by atoms with van der Waals surface area (Å²) >= 11 is 0. The van der Waals surface area contributed by atoms with Gasteiger partial charge in [0.2, 0.25) is 0 Å². The maximum absolute atomic E-state index is 11.1. The molecule has 0 atom stereocenters. The number of aromatic nitrogens is 2. The minimum atomic E-state index is -0.256. The highest BCUT2D eigenvalue weighted by Gasteiger charge is 2.06. The highest BCUT2D eigenvalue weighted by atomic mass is 16.5. The van der Waals surface area contributed by atoms with Crippen molar-refractivity contribution in [1.29, 1.82) is 0 Å². The van der Waals surface area contributed by atoms with Gasteiger partial charge in [0.1, 0.15) is 0 Å². The zero-order valence-corrected chi connectivity index (χ0v) is 9.88. The zero-order valence-electron chi connectivity index (χ0n) is 9.88. The van der Waals surface area contributed by atoms with Gasteiger partial charge in [-0.1, -0.05) is 12.1 Å². The Morgan fingerprint density at radius 2 is 2.29 bits per heavy atom. The maximum Gasteiger partial charge on any atom is 0.310 e. The fourth-order valence-electron chi connectivity index (χ4n) is 1.60. The van der Waals surface area contributed by atoms with Gasteiger partial charge in [-0.2, -0.15) is 5.10 Å². The fraction of sp³-hybridized carbons (Fsp3) is 0.231. The molecule has 0 unspecified atom stereocenters. The lowest BCUT2D eigenvalue weighted by Gasteiger charge is -2.01. The third kappa shape index (κ3) is 2.72. The molecular formula is C13H14N2O2. The standard InChI is InChI=1S/C13H14N2O2/c1-10-4-3-5-12(6-10)15-9-11(8-14-15)7-13(16)17-2/h3-6,8-9H,7H2,1-2H3. The topological polar surface area (TPSA) is 44.1 Å². The van der Waals surface area contributed by atoms with E-state index < -0.39 is 0 Å². The summed E-state index contributed by atoms with van der Waals surface area (Å²) in [7, 11) is 1.38. The van der Waals surface area contributed by atoms with Crippen molar-refractivity contribution < 1.29 is 9.53 Å². The largest absolute Gasteiger partial charge is 0.469 e. The number of ether oxygens (including phenoxy) is 1. The Morgan fingerprint density at radius 3 is 3.00 bits per heavy atom. The molecule has 4 heteroatoms. The Hall–Kier alpha value is -2.10. The third-order valence-corrected chi connectivity index (χ3v) is 2.48. The molecule has 0 amide bonds. The van der Waals surface area contributed by atoms with Crippen LogP contribution in [-0.2, 0) is 16.0 Å². The summed E-state index contributed by atoms with van der Waals surface area (Å²) < 4.78 is 6.37. The van der Waals surface area contributed by atoms with Crippen LogP contribution in [0.4, 0.5) is 0 Å². The number of aryl methyl sites for hydroxylation is 1. The van der Waals surface area contributed by atoms with Crippen molar-refractivity contribution in [1.82, 2.24) is 9.78 Å². The molecule has 0 aliphatic carbocycles. The number of nitrogens with zero attached hydrogens (tertiary/aromatic N) is 2. The molecule has 2 rings (SSSR count). The Morgan fingerprint density at radius 1 is 1.47 bits per heavy atom. The van der Waals surface area contributed by atoms with Crippen LogP contribution in [0.5, 0.6) is 0 Å². The van der Waals surface area contributed by atoms with E-state index in [2.05, 4.69) is 9.84 Å². The van der Waals surface area contributed by atoms with Crippen LogP contribution >= 0.6 is 0 Å². The van der Waals surface area contributed by atoms with Crippen LogP contribution in [0.2, 0.25) is 0 Å². The van der Waals surface area contributed by atoms with Crippen LogP contribution in [0, 0.1) is 6.92 Å². The van der Waals surface area contributed by atoms with Crippen LogP contribution in [-0.4, -0.2) is 22.9 Å². The molecule has 88 valence electrons. The predicted octanol–water partition coefficient (Wildman–Crippen LogP) is 1.90. The van der Waals surface area contributed by atoms with Crippen molar-refractivity contribution >= 4 is 5.97 Å². The van der Waals surface area contributed by atoms with Gasteiger partial charge in [0.15, 0.2) is 0 Å². The van der Waals surface area contributed by atoms with Crippen LogP contribution in [0.25, 0.3) is 5.69 Å². The molecule has 17 heavy (non-hydrogen) atoms. The van der Waals surface area contributed by atoms with Crippen molar-refractivity contribution in [3.63, 3.8) is 0 Å². The summed E-state index contributed by atoms with van der Waals surface area (Å²) in [6.07, 6.45) is 3.77. The van der Waals surface area contributed by atoms with E-state index in [9.17, 15) is 4.79 Å². The monoisotopic (exact) mass is 230 g/mol. The first-order chi connectivity index (χ1) is 8.19. The SMILES string of the molecule is COC(=O)Cc1cnn(-c2cccc(C)c2)c1. The quantitative estimate of drug-likeness (QED) is 0.756. The van der Waals surface area contributed by atoms with Gasteiger partial charge in [-0.25, -0.2) is 4.68 Å². The molecule has 1 heterocycles. The van der Waals surface area contributed by atoms with E-state index in [4.69, 9.17) is 0 Å². The van der Waals surface area contributed by atoms with Crippen molar-refractivity contribution in [2.75, 3.05) is 7.11 Å². The van der Waals surface area contributed by atoms with E-state index in [1.165, 1.54) is 12.7 Å². The molecular weight excluding hydrogens is 216 g/mol. The Balaban J connectivity index is 2.21. The predicted molar refractivity (Wildman–Crippen MR) is 64.0 cm³/mol. The molecule has 4 nitrogen and oxygen atoms in total. The first kappa shape index (κ1) is 11.4. The van der Waals surface area contributed by atoms with E-state index >= 15 is 0 Å². The summed E-state index contributed by atoms with van der Waals surface area (Å²) in [5.41, 5.74) is 3.01. The Bertz CT molecular complexity index is 532. The van der Waals surface area contributed by atoms with E-state index in [1.54, 1.807) is 10.9 Å². The highest BCUT2D eigenvalue weighted by Crippen LogP contribution is 2.10. The van der Waals surface area contributed by atoms with E-state index in [0.29, 0.717) is 0 Å². The van der Waals surface area contributed by atoms with Crippen LogP contribution in [0.3, 0.4) is 0 Å². The van der Waals surface area contributed by atoms with Crippen molar-refractivity contribution in [2.45, 2.75) is 13.3 Å². The van der Waals surface area contributed by atoms with Gasteiger partial charge >= 0.3 is 5.97 Å². The number of benzene rings is 1. The molecule has 2 aromatic rings. The van der Waals surface area contributed by atoms with E-state index in [1.807, 2.05) is 37.4 Å². The molecule has 0 bridgehead atoms. The molecule has 1 aromatic carbocycles. The number of carbonyl (C=O) groups excluding carboxylic acids is 1. The first-order valence-corrected chi connectivity index (χ1v) is 5.36. The van der Waals surface area contributed by atoms with Crippen LogP contribution < -0.4 is 0 Å². The minimum absolute atomic E-state index is 0.252. The van der Waals surface area contributed by atoms with E-state index in [0.717, 1.165) is 11.3 Å².